The van der Waals surface area contributed by atoms with Crippen LogP contribution in [0.5, 0.6) is 0 Å². The van der Waals surface area contributed by atoms with Crippen LogP contribution in [0.3, 0.4) is 0 Å². The van der Waals surface area contributed by atoms with Gasteiger partial charge in [-0.1, -0.05) is 152 Å². The Bertz CT molecular complexity index is 667. The van der Waals surface area contributed by atoms with Crippen LogP contribution in [0.4, 0.5) is 0 Å². The van der Waals surface area contributed by atoms with Crippen molar-refractivity contribution in [3.8, 4) is 0 Å². The lowest BCUT2D eigenvalue weighted by Gasteiger charge is -2.20. The maximum absolute atomic E-state index is 12.3. The monoisotopic (exact) mass is 574 g/mol. The summed E-state index contributed by atoms with van der Waals surface area (Å²) in [7, 11) is 0. The summed E-state index contributed by atoms with van der Waals surface area (Å²) >= 11 is 0. The molecule has 3 N–H and O–H groups in total. The Kier molecular flexibility index (Phi) is 31.5. The van der Waals surface area contributed by atoms with E-state index in [1.165, 1.54) is 83.5 Å². The minimum Gasteiger partial charge on any atom is -0.394 e. The van der Waals surface area contributed by atoms with Crippen molar-refractivity contribution >= 4 is 5.91 Å². The molecule has 0 aliphatic rings. The van der Waals surface area contributed by atoms with Crippen molar-refractivity contribution in [1.82, 2.24) is 5.32 Å². The van der Waals surface area contributed by atoms with E-state index in [4.69, 9.17) is 0 Å². The second kappa shape index (κ2) is 32.9. The molecule has 4 heteroatoms. The number of allylic oxidation sites excluding steroid dienone is 7. The molecule has 0 radical (unpaired) electrons. The molecule has 41 heavy (non-hydrogen) atoms. The maximum atomic E-state index is 12.3. The van der Waals surface area contributed by atoms with Crippen molar-refractivity contribution in [2.75, 3.05) is 6.61 Å². The van der Waals surface area contributed by atoms with Crippen LogP contribution >= 0.6 is 0 Å². The van der Waals surface area contributed by atoms with E-state index < -0.39 is 12.1 Å². The van der Waals surface area contributed by atoms with Gasteiger partial charge >= 0.3 is 0 Å². The zero-order valence-electron chi connectivity index (χ0n) is 27.0. The summed E-state index contributed by atoms with van der Waals surface area (Å²) in [4.78, 5) is 12.3. The molecule has 2 unspecified atom stereocenters. The van der Waals surface area contributed by atoms with Gasteiger partial charge in [-0.25, -0.2) is 0 Å². The van der Waals surface area contributed by atoms with Gasteiger partial charge in [0.1, 0.15) is 0 Å². The number of carbonyl (C=O) groups is 1. The number of aliphatic hydroxyl groups is 2. The third kappa shape index (κ3) is 29.6. The lowest BCUT2D eigenvalue weighted by atomic mass is 10.0. The summed E-state index contributed by atoms with van der Waals surface area (Å²) in [5, 5.41) is 22.8. The summed E-state index contributed by atoms with van der Waals surface area (Å²) in [5.74, 6) is -0.0846. The molecule has 0 bridgehead atoms. The highest BCUT2D eigenvalue weighted by atomic mass is 16.3. The van der Waals surface area contributed by atoms with Gasteiger partial charge in [0.25, 0.3) is 0 Å². The van der Waals surface area contributed by atoms with Gasteiger partial charge < -0.3 is 15.5 Å². The first-order valence-corrected chi connectivity index (χ1v) is 17.4. The van der Waals surface area contributed by atoms with Gasteiger partial charge in [0.2, 0.25) is 5.91 Å². The Balaban J connectivity index is 3.70. The molecule has 2 atom stereocenters. The van der Waals surface area contributed by atoms with Gasteiger partial charge in [0.15, 0.2) is 0 Å². The first-order valence-electron chi connectivity index (χ1n) is 17.4. The van der Waals surface area contributed by atoms with E-state index in [1.807, 2.05) is 6.08 Å². The largest absolute Gasteiger partial charge is 0.394 e. The van der Waals surface area contributed by atoms with Crippen LogP contribution in [-0.4, -0.2) is 34.9 Å². The van der Waals surface area contributed by atoms with Crippen molar-refractivity contribution in [2.24, 2.45) is 0 Å². The normalized spacial score (nSPS) is 13.8. The number of aliphatic hydroxyl groups excluding tert-OH is 2. The van der Waals surface area contributed by atoms with Gasteiger partial charge in [-0.05, 0) is 51.4 Å². The second-order valence-electron chi connectivity index (χ2n) is 11.6. The standard InChI is InChI=1S/C37H67NO3/c1-3-5-7-9-11-13-15-17-19-21-23-25-27-29-31-33-37(41)38-35(34-39)36(40)32-30-28-26-24-22-20-18-16-14-12-10-8-6-4-2/h5,7,11,13,17,19,30,32,35-36,39-40H,3-4,6,8-10,12,14-16,18,20-29,31,33-34H2,1-2H3,(H,38,41)/b7-5-,13-11-,19-17-,32-30+. The molecule has 0 aromatic carbocycles. The Hall–Kier alpha value is -1.65. The average Bonchev–Trinajstić information content (AvgIpc) is 2.97. The molecule has 238 valence electrons. The predicted octanol–water partition coefficient (Wildman–Crippen LogP) is 10.1. The number of amides is 1. The van der Waals surface area contributed by atoms with Crippen molar-refractivity contribution in [3.05, 3.63) is 48.6 Å². The summed E-state index contributed by atoms with van der Waals surface area (Å²) < 4.78 is 0. The highest BCUT2D eigenvalue weighted by Crippen LogP contribution is 2.13. The molecule has 4 nitrogen and oxygen atoms in total. The maximum Gasteiger partial charge on any atom is 0.220 e. The molecule has 0 heterocycles. The van der Waals surface area contributed by atoms with E-state index in [-0.39, 0.29) is 12.5 Å². The van der Waals surface area contributed by atoms with Crippen molar-refractivity contribution in [1.29, 1.82) is 0 Å². The quantitative estimate of drug-likeness (QED) is 0.0591. The summed E-state index contributed by atoms with van der Waals surface area (Å²) in [6.07, 6.45) is 43.3. The Morgan fingerprint density at radius 3 is 1.61 bits per heavy atom. The van der Waals surface area contributed by atoms with Crippen LogP contribution in [0.25, 0.3) is 0 Å². The number of hydrogen-bond donors (Lipinski definition) is 3. The molecular formula is C37H67NO3. The number of unbranched alkanes of at least 4 members (excludes halogenated alkanes) is 17. The second-order valence-corrected chi connectivity index (χ2v) is 11.6. The Morgan fingerprint density at radius 2 is 1.07 bits per heavy atom. The lowest BCUT2D eigenvalue weighted by molar-refractivity contribution is -0.123. The summed E-state index contributed by atoms with van der Waals surface area (Å²) in [6.45, 7) is 4.17. The van der Waals surface area contributed by atoms with E-state index >= 15 is 0 Å². The van der Waals surface area contributed by atoms with E-state index in [0.717, 1.165) is 57.8 Å². The Morgan fingerprint density at radius 1 is 0.610 bits per heavy atom. The highest BCUT2D eigenvalue weighted by Gasteiger charge is 2.17. The smallest absolute Gasteiger partial charge is 0.220 e. The number of carbonyl (C=O) groups excluding carboxylic acids is 1. The van der Waals surface area contributed by atoms with Crippen LogP contribution in [-0.2, 0) is 4.79 Å². The number of rotatable bonds is 30. The molecule has 0 aromatic heterocycles. The molecule has 0 saturated carbocycles. The van der Waals surface area contributed by atoms with Gasteiger partial charge in [-0.2, -0.15) is 0 Å². The van der Waals surface area contributed by atoms with Crippen LogP contribution < -0.4 is 5.32 Å². The lowest BCUT2D eigenvalue weighted by Crippen LogP contribution is -2.45. The minimum absolute atomic E-state index is 0.0846. The fourth-order valence-corrected chi connectivity index (χ4v) is 4.90. The molecular weight excluding hydrogens is 506 g/mol. The molecule has 0 rings (SSSR count). The van der Waals surface area contributed by atoms with Gasteiger partial charge in [-0.3, -0.25) is 4.79 Å². The zero-order valence-corrected chi connectivity index (χ0v) is 27.0. The Labute approximate surface area is 254 Å². The van der Waals surface area contributed by atoms with Crippen LogP contribution in [0.1, 0.15) is 162 Å². The van der Waals surface area contributed by atoms with Gasteiger partial charge in [-0.15, -0.1) is 0 Å². The van der Waals surface area contributed by atoms with E-state index in [2.05, 4.69) is 55.6 Å². The number of hydrogen-bond acceptors (Lipinski definition) is 3. The van der Waals surface area contributed by atoms with E-state index in [0.29, 0.717) is 6.42 Å². The summed E-state index contributed by atoms with van der Waals surface area (Å²) in [6, 6.07) is -0.629. The molecule has 1 amide bonds. The van der Waals surface area contributed by atoms with Crippen molar-refractivity contribution in [3.63, 3.8) is 0 Å². The van der Waals surface area contributed by atoms with Crippen LogP contribution in [0.2, 0.25) is 0 Å². The average molecular weight is 574 g/mol. The fourth-order valence-electron chi connectivity index (χ4n) is 4.90. The predicted molar refractivity (Wildman–Crippen MR) is 179 cm³/mol. The van der Waals surface area contributed by atoms with Gasteiger partial charge in [0, 0.05) is 6.42 Å². The number of nitrogens with one attached hydrogen (secondary N) is 1. The van der Waals surface area contributed by atoms with E-state index in [9.17, 15) is 15.0 Å². The first-order chi connectivity index (χ1) is 20.2. The van der Waals surface area contributed by atoms with Gasteiger partial charge in [0.05, 0.1) is 18.8 Å². The minimum atomic E-state index is -0.845. The third-order valence-corrected chi connectivity index (χ3v) is 7.57. The van der Waals surface area contributed by atoms with Crippen molar-refractivity contribution in [2.45, 2.75) is 174 Å². The van der Waals surface area contributed by atoms with E-state index in [1.54, 1.807) is 6.08 Å². The van der Waals surface area contributed by atoms with Crippen LogP contribution in [0, 0.1) is 0 Å². The molecule has 0 aliphatic carbocycles. The molecule has 0 fully saturated rings. The summed E-state index contributed by atoms with van der Waals surface area (Å²) in [5.41, 5.74) is 0. The molecule has 0 saturated heterocycles. The first kappa shape index (κ1) is 39.4. The van der Waals surface area contributed by atoms with Crippen molar-refractivity contribution < 1.29 is 15.0 Å². The van der Waals surface area contributed by atoms with Crippen LogP contribution in [0.15, 0.2) is 48.6 Å². The zero-order chi connectivity index (χ0) is 30.1. The third-order valence-electron chi connectivity index (χ3n) is 7.57. The molecule has 0 aliphatic heterocycles. The molecule has 0 aromatic rings. The molecule has 0 spiro atoms. The topological polar surface area (TPSA) is 69.6 Å². The fraction of sp³-hybridized carbons (Fsp3) is 0.757. The highest BCUT2D eigenvalue weighted by molar-refractivity contribution is 5.76. The SMILES string of the molecule is CC/C=C\C/C=C\C/C=C\CCCCCCCC(=O)NC(CO)C(O)/C=C/CCCCCCCCCCCCCC.